The van der Waals surface area contributed by atoms with E-state index in [0.717, 1.165) is 79.2 Å². The highest BCUT2D eigenvalue weighted by Crippen LogP contribution is 2.36. The number of nitrogens with one attached hydrogen (secondary N) is 1. The van der Waals surface area contributed by atoms with Gasteiger partial charge >= 0.3 is 0 Å². The number of aryl methyl sites for hydroxylation is 6. The Morgan fingerprint density at radius 1 is 0.458 bits per heavy atom. The van der Waals surface area contributed by atoms with Crippen molar-refractivity contribution in [3.63, 3.8) is 0 Å². The number of aliphatic hydroxyl groups is 4. The van der Waals surface area contributed by atoms with E-state index in [0.29, 0.717) is 70.7 Å². The Bertz CT molecular complexity index is 5860. The molecular weight excluding hydrogens is 1740 g/mol. The van der Waals surface area contributed by atoms with E-state index in [1.807, 2.05) is 178 Å². The summed E-state index contributed by atoms with van der Waals surface area (Å²) in [7, 11) is 0. The fraction of sp³-hybridized carbons (Fsp3) is 0.340. The molecule has 0 saturated carbocycles. The molecule has 16 rings (SSSR count). The summed E-state index contributed by atoms with van der Waals surface area (Å²) in [5, 5.41) is 62.2. The van der Waals surface area contributed by atoms with Crippen LogP contribution in [0.5, 0.6) is 5.75 Å². The Labute approximate surface area is 780 Å². The second-order valence-electron chi connectivity index (χ2n) is 34.3. The van der Waals surface area contributed by atoms with Gasteiger partial charge in [0.15, 0.2) is 17.3 Å². The van der Waals surface area contributed by atoms with Crippen LogP contribution in [-0.4, -0.2) is 187 Å². The van der Waals surface area contributed by atoms with Gasteiger partial charge in [0.25, 0.3) is 5.91 Å². The number of benzene rings is 8. The van der Waals surface area contributed by atoms with Crippen LogP contribution in [0.4, 0.5) is 0 Å². The number of ketones is 3. The van der Waals surface area contributed by atoms with Crippen molar-refractivity contribution in [1.29, 1.82) is 0 Å². The third-order valence-corrected chi connectivity index (χ3v) is 26.6. The van der Waals surface area contributed by atoms with Gasteiger partial charge in [-0.2, -0.15) is 0 Å². The zero-order valence-corrected chi connectivity index (χ0v) is 77.1. The lowest BCUT2D eigenvalue weighted by molar-refractivity contribution is -0.140. The van der Waals surface area contributed by atoms with Crippen LogP contribution in [0, 0.1) is 33.6 Å². The van der Waals surface area contributed by atoms with Crippen molar-refractivity contribution in [2.24, 2.45) is 5.92 Å². The fourth-order valence-corrected chi connectivity index (χ4v) is 19.1. The Balaban J connectivity index is 0.000000150. The predicted molar refractivity (Wildman–Crippen MR) is 504 cm³/mol. The van der Waals surface area contributed by atoms with Crippen LogP contribution < -0.4 is 5.32 Å². The molecule has 8 aromatic carbocycles. The van der Waals surface area contributed by atoms with Crippen LogP contribution in [0.1, 0.15) is 155 Å². The van der Waals surface area contributed by atoms with Crippen molar-refractivity contribution in [3.05, 3.63) is 313 Å². The first-order valence-electron chi connectivity index (χ1n) is 44.1. The average Bonchev–Trinajstić information content (AvgIpc) is 1.84. The van der Waals surface area contributed by atoms with Crippen LogP contribution in [0.15, 0.2) is 238 Å². The highest BCUT2D eigenvalue weighted by atomic mass is 35.5. The van der Waals surface area contributed by atoms with E-state index < -0.39 is 48.6 Å². The number of thiazole rings is 2. The minimum atomic E-state index is -0.762. The zero-order chi connectivity index (χ0) is 92.9. The van der Waals surface area contributed by atoms with E-state index in [1.165, 1.54) is 25.1 Å². The Morgan fingerprint density at radius 2 is 0.901 bits per heavy atom. The SMILES string of the molecule is Cc1cc(CC(=O)N2C[C@H](O)C[C@H]2C(=O)C[C@@H](CCc2ccccc2)c2ccc(Cl)cc2)on1.Cc1cc(CC(=O)N2C[C@H](O)C[C@H]2C(=O)C[C@@H](Cc2ccccc2)c2ccc(Cl)cc2)on1.Cc1ncsc1-c1ccc(CCC(=O)[C@@H]2C[C@@H](O)CN2C(=O)C(C)C)cc1.Cc1ncsc1-c1ccc(CNC(=O)[C@@H]2C[C@@H](O)CN2C(=O)c2cccc(-c3ccc(O)cc3)c2)cc1. The van der Waals surface area contributed by atoms with Crippen LogP contribution in [0.3, 0.4) is 0 Å². The van der Waals surface area contributed by atoms with E-state index in [4.69, 9.17) is 32.2 Å². The number of phenolic OH excluding ortho intramolecular Hbond substituents is 1. The molecule has 4 fully saturated rings. The molecule has 0 unspecified atom stereocenters. The maximum absolute atomic E-state index is 13.5. The zero-order valence-electron chi connectivity index (χ0n) is 74.0. The van der Waals surface area contributed by atoms with E-state index >= 15 is 0 Å². The topological polar surface area (TPSA) is 341 Å². The quantitative estimate of drug-likeness (QED) is 0.0254. The molecule has 0 aliphatic carbocycles. The number of hydrogen-bond donors (Lipinski definition) is 6. The molecule has 24 nitrogen and oxygen atoms in total. The summed E-state index contributed by atoms with van der Waals surface area (Å²) in [4.78, 5) is 121. The molecule has 28 heteroatoms. The number of aliphatic hydroxyl groups excluding tert-OH is 4. The molecule has 5 amide bonds. The molecule has 4 aliphatic heterocycles. The maximum Gasteiger partial charge on any atom is 0.254 e. The van der Waals surface area contributed by atoms with Crippen molar-refractivity contribution in [2.75, 3.05) is 26.2 Å². The number of hydrogen-bond acceptors (Lipinski definition) is 21. The van der Waals surface area contributed by atoms with Crippen LogP contribution in [-0.2, 0) is 72.2 Å². The summed E-state index contributed by atoms with van der Waals surface area (Å²) in [5.41, 5.74) is 17.9. The number of aromatic hydroxyl groups is 1. The summed E-state index contributed by atoms with van der Waals surface area (Å²) in [5.74, 6) is -0.372. The van der Waals surface area contributed by atoms with Crippen molar-refractivity contribution >= 4 is 92.8 Å². The molecular formula is C103H109Cl2N9O15S2. The second kappa shape index (κ2) is 45.7. The molecule has 682 valence electrons. The minimum absolute atomic E-state index is 0.0158. The number of amides is 5. The van der Waals surface area contributed by atoms with E-state index in [-0.39, 0.29) is 142 Å². The molecule has 10 atom stereocenters. The van der Waals surface area contributed by atoms with Gasteiger partial charge in [-0.1, -0.05) is 205 Å². The molecule has 4 saturated heterocycles. The number of β-amino-alcohol motifs (C(OH)–C–C–N with tert-alkyl or cyclic N) is 4. The van der Waals surface area contributed by atoms with E-state index in [2.05, 4.69) is 49.9 Å². The van der Waals surface area contributed by atoms with Gasteiger partial charge in [0.05, 0.1) is 98.9 Å². The molecule has 4 aliphatic rings. The van der Waals surface area contributed by atoms with Crippen LogP contribution in [0.2, 0.25) is 10.0 Å². The highest BCUT2D eigenvalue weighted by Gasteiger charge is 2.44. The number of aromatic nitrogens is 4. The highest BCUT2D eigenvalue weighted by molar-refractivity contribution is 7.13. The molecule has 6 N–H and O–H groups in total. The number of phenols is 1. The van der Waals surface area contributed by atoms with Crippen molar-refractivity contribution in [1.82, 2.24) is 45.2 Å². The second-order valence-corrected chi connectivity index (χ2v) is 36.9. The van der Waals surface area contributed by atoms with E-state index in [1.54, 1.807) is 96.0 Å². The Kier molecular flexibility index (Phi) is 33.7. The van der Waals surface area contributed by atoms with Gasteiger partial charge in [0.2, 0.25) is 23.6 Å². The number of likely N-dealkylation sites (tertiary alicyclic amines) is 4. The first-order chi connectivity index (χ1) is 63.0. The summed E-state index contributed by atoms with van der Waals surface area (Å²) in [6.45, 7) is 12.2. The molecule has 12 aromatic rings. The Hall–Kier alpha value is -12.0. The van der Waals surface area contributed by atoms with Gasteiger partial charge in [-0.05, 0) is 169 Å². The van der Waals surface area contributed by atoms with Gasteiger partial charge in [-0.15, -0.1) is 22.7 Å². The summed E-state index contributed by atoms with van der Waals surface area (Å²) < 4.78 is 10.3. The fourth-order valence-electron chi connectivity index (χ4n) is 17.2. The largest absolute Gasteiger partial charge is 0.508 e. The number of rotatable bonds is 29. The molecule has 131 heavy (non-hydrogen) atoms. The summed E-state index contributed by atoms with van der Waals surface area (Å²) in [6.07, 6.45) is 2.15. The number of carbonyl (C=O) groups is 8. The van der Waals surface area contributed by atoms with Gasteiger partial charge in [-0.3, -0.25) is 38.4 Å². The number of halogens is 2. The summed E-state index contributed by atoms with van der Waals surface area (Å²) in [6, 6.07) is 66.3. The Morgan fingerprint density at radius 3 is 1.38 bits per heavy atom. The lowest BCUT2D eigenvalue weighted by atomic mass is 9.86. The number of nitrogens with zero attached hydrogens (tertiary/aromatic N) is 8. The van der Waals surface area contributed by atoms with Crippen LogP contribution in [0.25, 0.3) is 32.0 Å². The number of carbonyl (C=O) groups excluding carboxylic acids is 8. The van der Waals surface area contributed by atoms with Crippen LogP contribution >= 0.6 is 45.9 Å². The minimum Gasteiger partial charge on any atom is -0.508 e. The molecule has 0 radical (unpaired) electrons. The lowest BCUT2D eigenvalue weighted by Crippen LogP contribution is -2.45. The first-order valence-corrected chi connectivity index (χ1v) is 46.6. The normalized spacial score (nSPS) is 18.5. The predicted octanol–water partition coefficient (Wildman–Crippen LogP) is 16.3. The summed E-state index contributed by atoms with van der Waals surface area (Å²) >= 11 is 15.4. The third-order valence-electron chi connectivity index (χ3n) is 24.1. The van der Waals surface area contributed by atoms with Crippen molar-refractivity contribution in [3.8, 4) is 37.8 Å². The van der Waals surface area contributed by atoms with Gasteiger partial charge in [0.1, 0.15) is 23.3 Å². The van der Waals surface area contributed by atoms with Gasteiger partial charge < -0.3 is 59.5 Å². The molecule has 8 heterocycles. The molecule has 4 aromatic heterocycles. The molecule has 0 spiro atoms. The van der Waals surface area contributed by atoms with Crippen molar-refractivity contribution in [2.45, 2.75) is 192 Å². The van der Waals surface area contributed by atoms with Crippen molar-refractivity contribution < 1.29 is 72.9 Å². The van der Waals surface area contributed by atoms with Gasteiger partial charge in [0, 0.05) is 111 Å². The standard InChI is InChI=1S/C29H27N3O4S.C27H29ClN2O4.C26H27ClN2O4.C21H26N2O3S/c1-18-27(37-17-31-18)21-7-5-19(6-8-21)15-30-28(35)26-14-25(34)16-32(26)29(36)23-4-2-3-22(13-23)20-9-11-24(33)12-10-20;1-18-13-24(34-29-18)16-27(33)30-17-23(31)15-25(30)26(32)14-21(20-9-11-22(28)12-10-20)8-7-19-5-3-2-4-6-19;1-17-11-23(33-28-17)15-26(32)29-16-22(30)14-24(29)25(31)13-20(12-18-5-3-2-4-6-18)19-7-9-21(27)10-8-19;1-13(2)21(26)23-11-17(24)10-18(23)19(25)9-6-15-4-7-16(8-5-15)20-14(3)22-12-27-20/h2-13,17,25-26,33-34H,14-16H2,1H3,(H,30,35);2-6,9-13,21,23,25,31H,7-8,14-17H2,1H3;2-11,20,22,24,30H,12-16H2,1H3;4-5,7-8,12-13,17-18,24H,6,9-11H2,1-3H3/t25-,26+;21-,23-,25+;20-,22-,24+;17-,18+/m1111/s1. The number of Topliss-reactive ketones (excluding diaryl/α,β-unsaturated/α-hetero) is 3. The maximum atomic E-state index is 13.5. The molecule has 0 bridgehead atoms. The first kappa shape index (κ1) is 96.6. The third kappa shape index (κ3) is 26.5. The lowest BCUT2D eigenvalue weighted by Gasteiger charge is -2.25. The van der Waals surface area contributed by atoms with Gasteiger partial charge in [-0.25, -0.2) is 9.97 Å². The average molecular weight is 1850 g/mol. The van der Waals surface area contributed by atoms with E-state index in [9.17, 15) is 63.9 Å². The monoisotopic (exact) mass is 1850 g/mol. The smallest absolute Gasteiger partial charge is 0.254 e.